The molecule has 0 spiro atoms. The van der Waals surface area contributed by atoms with Crippen LogP contribution in [0.1, 0.15) is 0 Å². The zero-order valence-electron chi connectivity index (χ0n) is 18.7. The van der Waals surface area contributed by atoms with E-state index in [1.54, 1.807) is 24.3 Å². The summed E-state index contributed by atoms with van der Waals surface area (Å²) in [6, 6.07) is 15.8. The SMILES string of the molecule is O=C(Cn1ccc2ccc(Cl)cc21)N1CCN(c2ccc(S(=O)(=O)Nc3ccncn3)cc2)CC1. The molecule has 1 N–H and O–H groups in total. The third-order valence-electron chi connectivity index (χ3n) is 6.01. The van der Waals surface area contributed by atoms with E-state index in [2.05, 4.69) is 19.6 Å². The highest BCUT2D eigenvalue weighted by atomic mass is 35.5. The molecule has 9 nitrogen and oxygen atoms in total. The normalized spacial score (nSPS) is 14.3. The standard InChI is InChI=1S/C24H23ClN6O3S/c25-19-2-1-18-8-10-31(22(18)15-19)16-24(32)30-13-11-29(12-14-30)20-3-5-21(6-4-20)35(33,34)28-23-7-9-26-17-27-23/h1-10,15,17H,11-14,16H2,(H,26,27,28). The summed E-state index contributed by atoms with van der Waals surface area (Å²) in [4.78, 5) is 24.7. The van der Waals surface area contributed by atoms with Gasteiger partial charge < -0.3 is 14.4 Å². The molecule has 0 bridgehead atoms. The molecule has 1 aliphatic rings. The Morgan fingerprint density at radius 3 is 2.49 bits per heavy atom. The van der Waals surface area contributed by atoms with Crippen molar-refractivity contribution in [3.63, 3.8) is 0 Å². The molecule has 1 aliphatic heterocycles. The van der Waals surface area contributed by atoms with Crippen LogP contribution in [0.15, 0.2) is 78.2 Å². The lowest BCUT2D eigenvalue weighted by Crippen LogP contribution is -2.49. The van der Waals surface area contributed by atoms with Crippen LogP contribution in [-0.4, -0.2) is 59.9 Å². The molecule has 0 aliphatic carbocycles. The van der Waals surface area contributed by atoms with Gasteiger partial charge in [0.15, 0.2) is 0 Å². The van der Waals surface area contributed by atoms with Crippen molar-refractivity contribution in [2.75, 3.05) is 35.8 Å². The number of carbonyl (C=O) groups excluding carboxylic acids is 1. The van der Waals surface area contributed by atoms with E-state index >= 15 is 0 Å². The second-order valence-electron chi connectivity index (χ2n) is 8.21. The Bertz CT molecular complexity index is 1450. The average molecular weight is 511 g/mol. The molecule has 5 rings (SSSR count). The molecule has 1 fully saturated rings. The molecule has 2 aromatic heterocycles. The highest BCUT2D eigenvalue weighted by Gasteiger charge is 2.22. The van der Waals surface area contributed by atoms with Gasteiger partial charge in [-0.2, -0.15) is 0 Å². The fourth-order valence-corrected chi connectivity index (χ4v) is 5.31. The van der Waals surface area contributed by atoms with E-state index in [4.69, 9.17) is 11.6 Å². The average Bonchev–Trinajstić information content (AvgIpc) is 3.26. The van der Waals surface area contributed by atoms with Gasteiger partial charge in [-0.1, -0.05) is 17.7 Å². The predicted molar refractivity (Wildman–Crippen MR) is 135 cm³/mol. The van der Waals surface area contributed by atoms with Crippen LogP contribution in [0.4, 0.5) is 11.5 Å². The number of sulfonamides is 1. The van der Waals surface area contributed by atoms with Gasteiger partial charge in [-0.05, 0) is 53.9 Å². The number of fused-ring (bicyclic) bond motifs is 1. The third-order valence-corrected chi connectivity index (χ3v) is 7.61. The first-order valence-electron chi connectivity index (χ1n) is 11.1. The van der Waals surface area contributed by atoms with E-state index < -0.39 is 10.0 Å². The molecule has 2 aromatic carbocycles. The first-order valence-corrected chi connectivity index (χ1v) is 12.9. The predicted octanol–water partition coefficient (Wildman–Crippen LogP) is 3.23. The number of anilines is 2. The van der Waals surface area contributed by atoms with Crippen LogP contribution in [0, 0.1) is 0 Å². The maximum Gasteiger partial charge on any atom is 0.263 e. The Morgan fingerprint density at radius 2 is 1.77 bits per heavy atom. The van der Waals surface area contributed by atoms with Crippen molar-refractivity contribution in [2.24, 2.45) is 0 Å². The smallest absolute Gasteiger partial charge is 0.263 e. The van der Waals surface area contributed by atoms with Crippen LogP contribution in [0.2, 0.25) is 5.02 Å². The Labute approximate surface area is 208 Å². The molecule has 11 heteroatoms. The second kappa shape index (κ2) is 9.55. The van der Waals surface area contributed by atoms with Gasteiger partial charge in [0.05, 0.1) is 4.90 Å². The van der Waals surface area contributed by atoms with E-state index in [-0.39, 0.29) is 23.2 Å². The molecule has 4 aromatic rings. The van der Waals surface area contributed by atoms with E-state index in [1.807, 2.05) is 39.9 Å². The van der Waals surface area contributed by atoms with Gasteiger partial charge in [0.25, 0.3) is 10.0 Å². The summed E-state index contributed by atoms with van der Waals surface area (Å²) >= 11 is 6.12. The van der Waals surface area contributed by atoms with E-state index in [1.165, 1.54) is 18.6 Å². The molecule has 0 unspecified atom stereocenters. The highest BCUT2D eigenvalue weighted by molar-refractivity contribution is 7.92. The molecule has 0 saturated carbocycles. The summed E-state index contributed by atoms with van der Waals surface area (Å²) in [6.07, 6.45) is 4.65. The number of nitrogens with one attached hydrogen (secondary N) is 1. The van der Waals surface area contributed by atoms with Crippen molar-refractivity contribution in [1.82, 2.24) is 19.4 Å². The Morgan fingerprint density at radius 1 is 1.00 bits per heavy atom. The van der Waals surface area contributed by atoms with Crippen LogP contribution in [0.25, 0.3) is 10.9 Å². The maximum absolute atomic E-state index is 12.9. The summed E-state index contributed by atoms with van der Waals surface area (Å²) in [6.45, 7) is 2.77. The number of carbonyl (C=O) groups is 1. The minimum atomic E-state index is -3.75. The summed E-state index contributed by atoms with van der Waals surface area (Å²) < 4.78 is 29.6. The van der Waals surface area contributed by atoms with Gasteiger partial charge >= 0.3 is 0 Å². The minimum Gasteiger partial charge on any atom is -0.368 e. The van der Waals surface area contributed by atoms with Gasteiger partial charge in [-0.15, -0.1) is 0 Å². The van der Waals surface area contributed by atoms with Gasteiger partial charge in [0, 0.05) is 54.8 Å². The zero-order valence-corrected chi connectivity index (χ0v) is 20.3. The van der Waals surface area contributed by atoms with E-state index in [9.17, 15) is 13.2 Å². The summed E-state index contributed by atoms with van der Waals surface area (Å²) in [5, 5.41) is 1.69. The van der Waals surface area contributed by atoms with Crippen LogP contribution < -0.4 is 9.62 Å². The maximum atomic E-state index is 12.9. The molecule has 0 radical (unpaired) electrons. The molecule has 1 amide bonds. The summed E-state index contributed by atoms with van der Waals surface area (Å²) in [7, 11) is -3.75. The lowest BCUT2D eigenvalue weighted by atomic mass is 10.2. The fourth-order valence-electron chi connectivity index (χ4n) is 4.14. The first-order chi connectivity index (χ1) is 16.9. The monoisotopic (exact) mass is 510 g/mol. The number of benzene rings is 2. The molecule has 1 saturated heterocycles. The van der Waals surface area contributed by atoms with Crippen LogP contribution in [0.3, 0.4) is 0 Å². The third kappa shape index (κ3) is 5.08. The molecule has 3 heterocycles. The molecular weight excluding hydrogens is 488 g/mol. The van der Waals surface area contributed by atoms with Crippen molar-refractivity contribution in [3.05, 3.63) is 78.3 Å². The molecular formula is C24H23ClN6O3S. The van der Waals surface area contributed by atoms with Gasteiger partial charge in [-0.3, -0.25) is 9.52 Å². The first kappa shape index (κ1) is 23.1. The lowest BCUT2D eigenvalue weighted by Gasteiger charge is -2.36. The highest BCUT2D eigenvalue weighted by Crippen LogP contribution is 2.23. The molecule has 180 valence electrons. The van der Waals surface area contributed by atoms with Gasteiger partial charge in [0.2, 0.25) is 5.91 Å². The van der Waals surface area contributed by atoms with Crippen molar-refractivity contribution in [3.8, 4) is 0 Å². The summed E-state index contributed by atoms with van der Waals surface area (Å²) in [5.74, 6) is 0.264. The van der Waals surface area contributed by atoms with E-state index in [0.717, 1.165) is 16.6 Å². The van der Waals surface area contributed by atoms with Crippen LogP contribution in [0.5, 0.6) is 0 Å². The van der Waals surface area contributed by atoms with Gasteiger partial charge in [0.1, 0.15) is 18.7 Å². The molecule has 0 atom stereocenters. The van der Waals surface area contributed by atoms with Crippen molar-refractivity contribution >= 4 is 49.9 Å². The number of hydrogen-bond donors (Lipinski definition) is 1. The fraction of sp³-hybridized carbons (Fsp3) is 0.208. The Balaban J connectivity index is 1.19. The largest absolute Gasteiger partial charge is 0.368 e. The quantitative estimate of drug-likeness (QED) is 0.427. The number of nitrogens with zero attached hydrogens (tertiary/aromatic N) is 5. The number of rotatable bonds is 6. The Hall–Kier alpha value is -3.63. The number of hydrogen-bond acceptors (Lipinski definition) is 6. The van der Waals surface area contributed by atoms with Crippen LogP contribution in [-0.2, 0) is 21.4 Å². The minimum absolute atomic E-state index is 0.0550. The van der Waals surface area contributed by atoms with Crippen molar-refractivity contribution in [2.45, 2.75) is 11.4 Å². The van der Waals surface area contributed by atoms with Crippen LogP contribution >= 0.6 is 11.6 Å². The van der Waals surface area contributed by atoms with E-state index in [0.29, 0.717) is 31.2 Å². The number of halogens is 1. The van der Waals surface area contributed by atoms with Crippen molar-refractivity contribution < 1.29 is 13.2 Å². The van der Waals surface area contributed by atoms with Crippen molar-refractivity contribution in [1.29, 1.82) is 0 Å². The summed E-state index contributed by atoms with van der Waals surface area (Å²) in [5.41, 5.74) is 1.85. The lowest BCUT2D eigenvalue weighted by molar-refractivity contribution is -0.132. The number of aromatic nitrogens is 3. The Kier molecular flexibility index (Phi) is 6.31. The topological polar surface area (TPSA) is 100 Å². The number of amides is 1. The number of piperazine rings is 1. The van der Waals surface area contributed by atoms with Gasteiger partial charge in [-0.25, -0.2) is 18.4 Å². The zero-order chi connectivity index (χ0) is 24.4. The molecule has 35 heavy (non-hydrogen) atoms. The second-order valence-corrected chi connectivity index (χ2v) is 10.3.